The van der Waals surface area contributed by atoms with Gasteiger partial charge in [-0.1, -0.05) is 12.1 Å². The summed E-state index contributed by atoms with van der Waals surface area (Å²) in [6, 6.07) is 11.8. The van der Waals surface area contributed by atoms with Crippen molar-refractivity contribution in [1.29, 1.82) is 0 Å². The molecule has 1 aromatic carbocycles. The fourth-order valence-corrected chi connectivity index (χ4v) is 2.97. The third-order valence-electron chi connectivity index (χ3n) is 4.30. The van der Waals surface area contributed by atoms with E-state index in [4.69, 9.17) is 4.74 Å². The predicted molar refractivity (Wildman–Crippen MR) is 85.1 cm³/mol. The first kappa shape index (κ1) is 14.6. The molecule has 22 heavy (non-hydrogen) atoms. The summed E-state index contributed by atoms with van der Waals surface area (Å²) >= 11 is 0. The number of methoxy groups -OCH3 is 1. The Hall–Kier alpha value is -2.36. The number of pyridine rings is 1. The lowest BCUT2D eigenvalue weighted by molar-refractivity contribution is 0.0713. The molecule has 3 rings (SSSR count). The van der Waals surface area contributed by atoms with Gasteiger partial charge in [-0.05, 0) is 48.6 Å². The third kappa shape index (κ3) is 3.11. The van der Waals surface area contributed by atoms with Crippen LogP contribution in [0.5, 0.6) is 5.75 Å². The summed E-state index contributed by atoms with van der Waals surface area (Å²) in [5.41, 5.74) is 2.05. The Kier molecular flexibility index (Phi) is 4.37. The number of carbonyl (C=O) groups excluding carboxylic acids is 1. The molecule has 0 N–H and O–H groups in total. The SMILES string of the molecule is COc1ccc(C2CCN(C(=O)c3ccncc3)CC2)cc1. The van der Waals surface area contributed by atoms with E-state index in [9.17, 15) is 4.79 Å². The highest BCUT2D eigenvalue weighted by molar-refractivity contribution is 5.94. The molecule has 1 saturated heterocycles. The van der Waals surface area contributed by atoms with E-state index in [1.807, 2.05) is 17.0 Å². The molecule has 4 nitrogen and oxygen atoms in total. The van der Waals surface area contributed by atoms with E-state index in [1.54, 1.807) is 31.6 Å². The van der Waals surface area contributed by atoms with Gasteiger partial charge in [0.25, 0.3) is 5.91 Å². The van der Waals surface area contributed by atoms with Crippen molar-refractivity contribution in [1.82, 2.24) is 9.88 Å². The van der Waals surface area contributed by atoms with Crippen LogP contribution in [0.1, 0.15) is 34.7 Å². The van der Waals surface area contributed by atoms with E-state index in [-0.39, 0.29) is 5.91 Å². The molecule has 114 valence electrons. The molecule has 1 aliphatic heterocycles. The van der Waals surface area contributed by atoms with Crippen molar-refractivity contribution < 1.29 is 9.53 Å². The van der Waals surface area contributed by atoms with Crippen LogP contribution in [0.4, 0.5) is 0 Å². The van der Waals surface area contributed by atoms with Crippen LogP contribution < -0.4 is 4.74 Å². The molecule has 0 radical (unpaired) electrons. The van der Waals surface area contributed by atoms with Gasteiger partial charge >= 0.3 is 0 Å². The molecule has 0 atom stereocenters. The third-order valence-corrected chi connectivity index (χ3v) is 4.30. The predicted octanol–water partition coefficient (Wildman–Crippen LogP) is 3.11. The molecular weight excluding hydrogens is 276 g/mol. The summed E-state index contributed by atoms with van der Waals surface area (Å²) in [5.74, 6) is 1.51. The molecular formula is C18H20N2O2. The summed E-state index contributed by atoms with van der Waals surface area (Å²) in [5, 5.41) is 0. The molecule has 1 amide bonds. The maximum absolute atomic E-state index is 12.4. The van der Waals surface area contributed by atoms with E-state index in [0.717, 1.165) is 37.2 Å². The van der Waals surface area contributed by atoms with Crippen molar-refractivity contribution in [3.8, 4) is 5.75 Å². The number of nitrogens with zero attached hydrogens (tertiary/aromatic N) is 2. The Morgan fingerprint density at radius 3 is 2.32 bits per heavy atom. The first-order chi connectivity index (χ1) is 10.8. The average Bonchev–Trinajstić information content (AvgIpc) is 2.62. The largest absolute Gasteiger partial charge is 0.497 e. The van der Waals surface area contributed by atoms with Gasteiger partial charge in [-0.25, -0.2) is 0 Å². The first-order valence-corrected chi connectivity index (χ1v) is 7.61. The molecule has 1 aliphatic rings. The number of rotatable bonds is 3. The highest BCUT2D eigenvalue weighted by atomic mass is 16.5. The van der Waals surface area contributed by atoms with Gasteiger partial charge in [0, 0.05) is 31.0 Å². The van der Waals surface area contributed by atoms with E-state index >= 15 is 0 Å². The Bertz CT molecular complexity index is 617. The van der Waals surface area contributed by atoms with Crippen LogP contribution in [0.25, 0.3) is 0 Å². The van der Waals surface area contributed by atoms with Crippen molar-refractivity contribution in [3.63, 3.8) is 0 Å². The summed E-state index contributed by atoms with van der Waals surface area (Å²) in [6.07, 6.45) is 5.33. The highest BCUT2D eigenvalue weighted by Crippen LogP contribution is 2.29. The van der Waals surface area contributed by atoms with Crippen molar-refractivity contribution in [3.05, 3.63) is 59.9 Å². The zero-order valence-electron chi connectivity index (χ0n) is 12.7. The number of piperidine rings is 1. The van der Waals surface area contributed by atoms with Crippen molar-refractivity contribution in [2.24, 2.45) is 0 Å². The van der Waals surface area contributed by atoms with Crippen LogP contribution in [0.2, 0.25) is 0 Å². The highest BCUT2D eigenvalue weighted by Gasteiger charge is 2.24. The van der Waals surface area contributed by atoms with Crippen LogP contribution in [-0.2, 0) is 0 Å². The van der Waals surface area contributed by atoms with E-state index in [2.05, 4.69) is 17.1 Å². The average molecular weight is 296 g/mol. The number of hydrogen-bond acceptors (Lipinski definition) is 3. The van der Waals surface area contributed by atoms with Gasteiger partial charge < -0.3 is 9.64 Å². The standard InChI is InChI=1S/C18H20N2O2/c1-22-17-4-2-14(3-5-17)15-8-12-20(13-9-15)18(21)16-6-10-19-11-7-16/h2-7,10-11,15H,8-9,12-13H2,1H3. The topological polar surface area (TPSA) is 42.4 Å². The maximum Gasteiger partial charge on any atom is 0.253 e. The number of amides is 1. The lowest BCUT2D eigenvalue weighted by Gasteiger charge is -2.32. The van der Waals surface area contributed by atoms with Crippen LogP contribution >= 0.6 is 0 Å². The van der Waals surface area contributed by atoms with E-state index in [1.165, 1.54) is 5.56 Å². The molecule has 1 fully saturated rings. The first-order valence-electron chi connectivity index (χ1n) is 7.61. The zero-order valence-corrected chi connectivity index (χ0v) is 12.7. The number of ether oxygens (including phenoxy) is 1. The van der Waals surface area contributed by atoms with Crippen molar-refractivity contribution >= 4 is 5.91 Å². The summed E-state index contributed by atoms with van der Waals surface area (Å²) in [6.45, 7) is 1.61. The number of carbonyl (C=O) groups is 1. The zero-order chi connectivity index (χ0) is 15.4. The lowest BCUT2D eigenvalue weighted by Crippen LogP contribution is -2.37. The lowest BCUT2D eigenvalue weighted by atomic mass is 9.89. The maximum atomic E-state index is 12.4. The molecule has 0 unspecified atom stereocenters. The minimum Gasteiger partial charge on any atom is -0.497 e. The quantitative estimate of drug-likeness (QED) is 0.874. The second-order valence-corrected chi connectivity index (χ2v) is 5.58. The van der Waals surface area contributed by atoms with E-state index in [0.29, 0.717) is 5.92 Å². The second kappa shape index (κ2) is 6.60. The summed E-state index contributed by atoms with van der Waals surface area (Å²) < 4.78 is 5.20. The van der Waals surface area contributed by atoms with E-state index < -0.39 is 0 Å². The van der Waals surface area contributed by atoms with Crippen LogP contribution in [-0.4, -0.2) is 36.0 Å². The summed E-state index contributed by atoms with van der Waals surface area (Å²) in [7, 11) is 1.68. The normalized spacial score (nSPS) is 15.6. The molecule has 0 bridgehead atoms. The fourth-order valence-electron chi connectivity index (χ4n) is 2.97. The van der Waals surface area contributed by atoms with Crippen molar-refractivity contribution in [2.45, 2.75) is 18.8 Å². The van der Waals surface area contributed by atoms with Gasteiger partial charge in [-0.2, -0.15) is 0 Å². The molecule has 0 saturated carbocycles. The number of likely N-dealkylation sites (tertiary alicyclic amines) is 1. The molecule has 0 spiro atoms. The van der Waals surface area contributed by atoms with Gasteiger partial charge in [0.1, 0.15) is 5.75 Å². The van der Waals surface area contributed by atoms with Gasteiger partial charge in [0.15, 0.2) is 0 Å². The number of hydrogen-bond donors (Lipinski definition) is 0. The fraction of sp³-hybridized carbons (Fsp3) is 0.333. The Labute approximate surface area is 130 Å². The minimum absolute atomic E-state index is 0.107. The van der Waals surface area contributed by atoms with Crippen molar-refractivity contribution in [2.75, 3.05) is 20.2 Å². The van der Waals surface area contributed by atoms with Gasteiger partial charge in [-0.15, -0.1) is 0 Å². The summed E-state index contributed by atoms with van der Waals surface area (Å²) in [4.78, 5) is 18.3. The van der Waals surface area contributed by atoms with Crippen LogP contribution in [0.3, 0.4) is 0 Å². The van der Waals surface area contributed by atoms with Crippen LogP contribution in [0.15, 0.2) is 48.8 Å². The molecule has 4 heteroatoms. The molecule has 2 heterocycles. The molecule has 0 aliphatic carbocycles. The molecule has 1 aromatic heterocycles. The van der Waals surface area contributed by atoms with Crippen LogP contribution in [0, 0.1) is 0 Å². The molecule has 2 aromatic rings. The second-order valence-electron chi connectivity index (χ2n) is 5.58. The minimum atomic E-state index is 0.107. The Balaban J connectivity index is 1.61. The Morgan fingerprint density at radius 1 is 1.09 bits per heavy atom. The van der Waals surface area contributed by atoms with Gasteiger partial charge in [0.05, 0.1) is 7.11 Å². The monoisotopic (exact) mass is 296 g/mol. The van der Waals surface area contributed by atoms with Gasteiger partial charge in [-0.3, -0.25) is 9.78 Å². The smallest absolute Gasteiger partial charge is 0.253 e. The number of aromatic nitrogens is 1. The number of benzene rings is 1. The Morgan fingerprint density at radius 2 is 1.73 bits per heavy atom. The van der Waals surface area contributed by atoms with Gasteiger partial charge in [0.2, 0.25) is 0 Å².